The number of carboxylic acids is 1. The van der Waals surface area contributed by atoms with Gasteiger partial charge < -0.3 is 9.84 Å². The minimum Gasteiger partial charge on any atom is -0.481 e. The lowest BCUT2D eigenvalue weighted by molar-refractivity contribution is -0.142. The Bertz CT molecular complexity index is 427. The molecule has 4 heteroatoms. The zero-order chi connectivity index (χ0) is 13.7. The van der Waals surface area contributed by atoms with Crippen molar-refractivity contribution < 1.29 is 19.0 Å². The van der Waals surface area contributed by atoms with Crippen molar-refractivity contribution in [3.05, 3.63) is 35.6 Å². The molecule has 1 aromatic carbocycles. The number of aliphatic carboxylic acids is 1. The topological polar surface area (TPSA) is 46.5 Å². The molecular weight excluding hydrogens is 247 g/mol. The first kappa shape index (κ1) is 14.0. The number of hydrogen-bond donors (Lipinski definition) is 1. The van der Waals surface area contributed by atoms with Crippen molar-refractivity contribution in [1.82, 2.24) is 0 Å². The van der Waals surface area contributed by atoms with Gasteiger partial charge in [0.1, 0.15) is 5.82 Å². The molecule has 1 aliphatic heterocycles. The van der Waals surface area contributed by atoms with Crippen molar-refractivity contribution in [2.75, 3.05) is 13.2 Å². The molecule has 0 spiro atoms. The van der Waals surface area contributed by atoms with Crippen LogP contribution in [0.2, 0.25) is 0 Å². The van der Waals surface area contributed by atoms with Crippen LogP contribution in [0.5, 0.6) is 0 Å². The van der Waals surface area contributed by atoms with E-state index in [9.17, 15) is 14.3 Å². The maximum Gasteiger partial charge on any atom is 0.306 e. The molecule has 0 amide bonds. The first-order valence-corrected chi connectivity index (χ1v) is 6.70. The molecule has 0 aliphatic carbocycles. The molecule has 1 unspecified atom stereocenters. The summed E-state index contributed by atoms with van der Waals surface area (Å²) in [5.74, 6) is -1.29. The lowest BCUT2D eigenvalue weighted by Crippen LogP contribution is -2.24. The van der Waals surface area contributed by atoms with Crippen molar-refractivity contribution in [2.45, 2.75) is 25.7 Å². The van der Waals surface area contributed by atoms with E-state index >= 15 is 0 Å². The van der Waals surface area contributed by atoms with E-state index in [0.717, 1.165) is 12.8 Å². The van der Waals surface area contributed by atoms with Gasteiger partial charge in [0, 0.05) is 13.2 Å². The molecule has 1 fully saturated rings. The predicted octanol–water partition coefficient (Wildman–Crippen LogP) is 2.89. The summed E-state index contributed by atoms with van der Waals surface area (Å²) in [5.41, 5.74) is 0.488. The summed E-state index contributed by atoms with van der Waals surface area (Å²) < 4.78 is 18.9. The van der Waals surface area contributed by atoms with Crippen LogP contribution in [0.25, 0.3) is 0 Å². The quantitative estimate of drug-likeness (QED) is 0.891. The Labute approximate surface area is 112 Å². The Morgan fingerprint density at radius 2 is 2.05 bits per heavy atom. The highest BCUT2D eigenvalue weighted by Gasteiger charge is 2.25. The van der Waals surface area contributed by atoms with Crippen LogP contribution in [-0.4, -0.2) is 24.3 Å². The van der Waals surface area contributed by atoms with Crippen LogP contribution in [0.1, 0.15) is 24.8 Å². The molecule has 1 N–H and O–H groups in total. The third-order valence-corrected chi connectivity index (χ3v) is 3.73. The summed E-state index contributed by atoms with van der Waals surface area (Å²) in [4.78, 5) is 11.3. The van der Waals surface area contributed by atoms with Crippen LogP contribution >= 0.6 is 0 Å². The SMILES string of the molecule is O=C(O)C(Cc1ccccc1F)CC1CCOCC1. The summed E-state index contributed by atoms with van der Waals surface area (Å²) in [6.07, 6.45) is 2.68. The van der Waals surface area contributed by atoms with Crippen LogP contribution in [0, 0.1) is 17.7 Å². The predicted molar refractivity (Wildman–Crippen MR) is 69.4 cm³/mol. The van der Waals surface area contributed by atoms with Crippen LogP contribution in [0.4, 0.5) is 4.39 Å². The Hall–Kier alpha value is -1.42. The molecule has 0 aromatic heterocycles. The monoisotopic (exact) mass is 266 g/mol. The van der Waals surface area contributed by atoms with Crippen LogP contribution in [-0.2, 0) is 16.0 Å². The third-order valence-electron chi connectivity index (χ3n) is 3.73. The number of benzene rings is 1. The van der Waals surface area contributed by atoms with E-state index in [1.54, 1.807) is 18.2 Å². The molecule has 1 saturated heterocycles. The standard InChI is InChI=1S/C15H19FO3/c16-14-4-2-1-3-12(14)10-13(15(17)18)9-11-5-7-19-8-6-11/h1-4,11,13H,5-10H2,(H,17,18). The molecule has 0 bridgehead atoms. The van der Waals surface area contributed by atoms with Gasteiger partial charge in [0.05, 0.1) is 5.92 Å². The number of ether oxygens (including phenoxy) is 1. The third kappa shape index (κ3) is 4.03. The van der Waals surface area contributed by atoms with Crippen molar-refractivity contribution in [3.8, 4) is 0 Å². The van der Waals surface area contributed by atoms with E-state index in [2.05, 4.69) is 0 Å². The van der Waals surface area contributed by atoms with E-state index < -0.39 is 11.9 Å². The van der Waals surface area contributed by atoms with E-state index in [1.807, 2.05) is 0 Å². The average molecular weight is 266 g/mol. The molecular formula is C15H19FO3. The summed E-state index contributed by atoms with van der Waals surface area (Å²) in [6, 6.07) is 6.40. The summed E-state index contributed by atoms with van der Waals surface area (Å²) in [7, 11) is 0. The Morgan fingerprint density at radius 3 is 2.68 bits per heavy atom. The van der Waals surface area contributed by atoms with Crippen molar-refractivity contribution in [3.63, 3.8) is 0 Å². The van der Waals surface area contributed by atoms with Crippen LogP contribution in [0.3, 0.4) is 0 Å². The minimum absolute atomic E-state index is 0.263. The highest BCUT2D eigenvalue weighted by molar-refractivity contribution is 5.70. The number of rotatable bonds is 5. The molecule has 0 radical (unpaired) electrons. The van der Waals surface area contributed by atoms with Gasteiger partial charge in [0.2, 0.25) is 0 Å². The molecule has 1 aliphatic rings. The van der Waals surface area contributed by atoms with Gasteiger partial charge in [0.25, 0.3) is 0 Å². The fourth-order valence-electron chi connectivity index (χ4n) is 2.59. The number of halogens is 1. The average Bonchev–Trinajstić information content (AvgIpc) is 2.41. The van der Waals surface area contributed by atoms with E-state index in [1.165, 1.54) is 6.07 Å². The Kier molecular flexibility index (Phi) is 4.91. The normalized spacial score (nSPS) is 18.2. The number of carboxylic acid groups (broad SMARTS) is 1. The fraction of sp³-hybridized carbons (Fsp3) is 0.533. The Balaban J connectivity index is 2.00. The summed E-state index contributed by atoms with van der Waals surface area (Å²) in [5, 5.41) is 9.30. The molecule has 104 valence electrons. The van der Waals surface area contributed by atoms with Gasteiger partial charge in [0.15, 0.2) is 0 Å². The molecule has 19 heavy (non-hydrogen) atoms. The van der Waals surface area contributed by atoms with Crippen molar-refractivity contribution >= 4 is 5.97 Å². The smallest absolute Gasteiger partial charge is 0.306 e. The van der Waals surface area contributed by atoms with Gasteiger partial charge in [-0.2, -0.15) is 0 Å². The van der Waals surface area contributed by atoms with Gasteiger partial charge in [-0.05, 0) is 43.2 Å². The maximum atomic E-state index is 13.6. The fourth-order valence-corrected chi connectivity index (χ4v) is 2.59. The molecule has 2 rings (SSSR count). The van der Waals surface area contributed by atoms with Crippen molar-refractivity contribution in [1.29, 1.82) is 0 Å². The zero-order valence-electron chi connectivity index (χ0n) is 10.8. The molecule has 1 heterocycles. The van der Waals surface area contributed by atoms with Crippen molar-refractivity contribution in [2.24, 2.45) is 11.8 Å². The summed E-state index contributed by atoms with van der Waals surface area (Å²) in [6.45, 7) is 1.41. The minimum atomic E-state index is -0.838. The second kappa shape index (κ2) is 6.66. The first-order valence-electron chi connectivity index (χ1n) is 6.70. The van der Waals surface area contributed by atoms with Gasteiger partial charge >= 0.3 is 5.97 Å². The van der Waals surface area contributed by atoms with E-state index in [0.29, 0.717) is 31.1 Å². The lowest BCUT2D eigenvalue weighted by atomic mass is 9.85. The zero-order valence-corrected chi connectivity index (χ0v) is 10.8. The van der Waals surface area contributed by atoms with Crippen LogP contribution < -0.4 is 0 Å². The summed E-state index contributed by atoms with van der Waals surface area (Å²) >= 11 is 0. The second-order valence-electron chi connectivity index (χ2n) is 5.12. The Morgan fingerprint density at radius 1 is 1.37 bits per heavy atom. The van der Waals surface area contributed by atoms with Gasteiger partial charge in [-0.1, -0.05) is 18.2 Å². The maximum absolute atomic E-state index is 13.6. The first-order chi connectivity index (χ1) is 9.16. The molecule has 1 aromatic rings. The highest BCUT2D eigenvalue weighted by atomic mass is 19.1. The molecule has 1 atom stereocenters. The largest absolute Gasteiger partial charge is 0.481 e. The van der Waals surface area contributed by atoms with Gasteiger partial charge in [-0.15, -0.1) is 0 Å². The lowest BCUT2D eigenvalue weighted by Gasteiger charge is -2.25. The van der Waals surface area contributed by atoms with Gasteiger partial charge in [-0.25, -0.2) is 4.39 Å². The number of hydrogen-bond acceptors (Lipinski definition) is 2. The van der Waals surface area contributed by atoms with Gasteiger partial charge in [-0.3, -0.25) is 4.79 Å². The van der Waals surface area contributed by atoms with Crippen LogP contribution in [0.15, 0.2) is 24.3 Å². The number of carbonyl (C=O) groups is 1. The van der Waals surface area contributed by atoms with E-state index in [4.69, 9.17) is 4.74 Å². The van der Waals surface area contributed by atoms with E-state index in [-0.39, 0.29) is 12.2 Å². The highest BCUT2D eigenvalue weighted by Crippen LogP contribution is 2.26. The molecule has 0 saturated carbocycles. The molecule has 3 nitrogen and oxygen atoms in total. The second-order valence-corrected chi connectivity index (χ2v) is 5.12.